The van der Waals surface area contributed by atoms with Crippen LogP contribution in [0.25, 0.3) is 0 Å². The Hall–Kier alpha value is -0.900. The van der Waals surface area contributed by atoms with Crippen LogP contribution < -0.4 is 0 Å². The number of likely N-dealkylation sites (N-methyl/N-ethyl adjacent to an activating group) is 1. The average Bonchev–Trinajstić information content (AvgIpc) is 2.39. The molecule has 0 bridgehead atoms. The molecule has 0 aliphatic carbocycles. The minimum Gasteiger partial charge on any atom is -0.387 e. The minimum absolute atomic E-state index is 0.301. The van der Waals surface area contributed by atoms with Gasteiger partial charge < -0.3 is 9.84 Å². The maximum Gasteiger partial charge on any atom is 0.0916 e. The van der Waals surface area contributed by atoms with Crippen LogP contribution in [-0.4, -0.2) is 43.4 Å². The van der Waals surface area contributed by atoms with E-state index in [-0.39, 0.29) is 0 Å². The second-order valence-electron chi connectivity index (χ2n) is 6.10. The van der Waals surface area contributed by atoms with E-state index in [0.717, 1.165) is 12.0 Å². The van der Waals surface area contributed by atoms with Gasteiger partial charge in [0, 0.05) is 19.7 Å². The van der Waals surface area contributed by atoms with Crippen molar-refractivity contribution in [2.75, 3.05) is 27.3 Å². The zero-order valence-electron chi connectivity index (χ0n) is 13.5. The monoisotopic (exact) mass is 279 g/mol. The summed E-state index contributed by atoms with van der Waals surface area (Å²) in [4.78, 5) is 2.12. The maximum absolute atomic E-state index is 10.3. The van der Waals surface area contributed by atoms with Crippen LogP contribution in [0.2, 0.25) is 0 Å². The Morgan fingerprint density at radius 3 is 2.25 bits per heavy atom. The molecule has 114 valence electrons. The number of ether oxygens (including phenoxy) is 1. The fourth-order valence-corrected chi connectivity index (χ4v) is 2.27. The van der Waals surface area contributed by atoms with Gasteiger partial charge >= 0.3 is 0 Å². The number of methoxy groups -OCH3 is 1. The topological polar surface area (TPSA) is 32.7 Å². The van der Waals surface area contributed by atoms with Gasteiger partial charge in [-0.3, -0.25) is 4.90 Å². The summed E-state index contributed by atoms with van der Waals surface area (Å²) in [5.74, 6) is 0.659. The third-order valence-corrected chi connectivity index (χ3v) is 3.63. The summed E-state index contributed by atoms with van der Waals surface area (Å²) in [6.07, 6.45) is 0.633. The van der Waals surface area contributed by atoms with E-state index in [9.17, 15) is 5.11 Å². The van der Waals surface area contributed by atoms with E-state index in [1.807, 2.05) is 19.2 Å². The molecule has 1 N–H and O–H groups in total. The van der Waals surface area contributed by atoms with Gasteiger partial charge in [0.2, 0.25) is 0 Å². The van der Waals surface area contributed by atoms with E-state index in [1.165, 1.54) is 5.56 Å². The van der Waals surface area contributed by atoms with E-state index in [0.29, 0.717) is 25.1 Å². The molecule has 0 heterocycles. The molecule has 3 heteroatoms. The largest absolute Gasteiger partial charge is 0.387 e. The Labute approximate surface area is 123 Å². The van der Waals surface area contributed by atoms with Crippen LogP contribution in [0.1, 0.15) is 38.0 Å². The molecule has 0 radical (unpaired) electrons. The highest BCUT2D eigenvalue weighted by Gasteiger charge is 2.15. The SMILES string of the molecule is COCC(C)N(C)CC(O)c1ccc(CC(C)C)cc1. The molecule has 0 aliphatic heterocycles. The molecule has 20 heavy (non-hydrogen) atoms. The number of aliphatic hydroxyl groups excluding tert-OH is 1. The van der Waals surface area contributed by atoms with Gasteiger partial charge in [-0.2, -0.15) is 0 Å². The van der Waals surface area contributed by atoms with Crippen molar-refractivity contribution in [3.8, 4) is 0 Å². The Morgan fingerprint density at radius 1 is 1.15 bits per heavy atom. The molecule has 0 aliphatic rings. The number of aliphatic hydroxyl groups is 1. The minimum atomic E-state index is -0.451. The van der Waals surface area contributed by atoms with Crippen LogP contribution in [0.15, 0.2) is 24.3 Å². The number of benzene rings is 1. The van der Waals surface area contributed by atoms with Gasteiger partial charge in [0.1, 0.15) is 0 Å². The second-order valence-corrected chi connectivity index (χ2v) is 6.10. The molecule has 1 aromatic rings. The Balaban J connectivity index is 2.56. The van der Waals surface area contributed by atoms with E-state index in [4.69, 9.17) is 4.74 Å². The highest BCUT2D eigenvalue weighted by Crippen LogP contribution is 2.17. The van der Waals surface area contributed by atoms with Crippen molar-refractivity contribution in [3.63, 3.8) is 0 Å². The summed E-state index contributed by atoms with van der Waals surface area (Å²) >= 11 is 0. The van der Waals surface area contributed by atoms with Crippen molar-refractivity contribution >= 4 is 0 Å². The molecule has 0 saturated heterocycles. The standard InChI is InChI=1S/C17H29NO2/c1-13(2)10-15-6-8-16(9-7-15)17(19)11-18(4)14(3)12-20-5/h6-9,13-14,17,19H,10-12H2,1-5H3. The molecule has 0 spiro atoms. The van der Waals surface area contributed by atoms with Crippen LogP contribution in [0, 0.1) is 5.92 Å². The summed E-state index contributed by atoms with van der Waals surface area (Å²) in [7, 11) is 3.72. The summed E-state index contributed by atoms with van der Waals surface area (Å²) in [6.45, 7) is 7.83. The summed E-state index contributed by atoms with van der Waals surface area (Å²) in [5, 5.41) is 10.3. The molecule has 2 atom stereocenters. The number of hydrogen-bond donors (Lipinski definition) is 1. The van der Waals surface area contributed by atoms with E-state index in [2.05, 4.69) is 37.8 Å². The molecule has 1 rings (SSSR count). The van der Waals surface area contributed by atoms with Gasteiger partial charge in [0.15, 0.2) is 0 Å². The molecule has 3 nitrogen and oxygen atoms in total. The van der Waals surface area contributed by atoms with Crippen LogP contribution in [-0.2, 0) is 11.2 Å². The molecule has 0 fully saturated rings. The zero-order chi connectivity index (χ0) is 15.1. The normalized spacial score (nSPS) is 14.8. The summed E-state index contributed by atoms with van der Waals surface area (Å²) in [6, 6.07) is 8.62. The number of nitrogens with zero attached hydrogens (tertiary/aromatic N) is 1. The van der Waals surface area contributed by atoms with Crippen molar-refractivity contribution in [1.82, 2.24) is 4.90 Å². The first kappa shape index (κ1) is 17.2. The van der Waals surface area contributed by atoms with Gasteiger partial charge in [-0.15, -0.1) is 0 Å². The first-order chi connectivity index (χ1) is 9.43. The lowest BCUT2D eigenvalue weighted by molar-refractivity contribution is 0.0709. The molecule has 1 aromatic carbocycles. The number of hydrogen-bond acceptors (Lipinski definition) is 3. The molecular weight excluding hydrogens is 250 g/mol. The third kappa shape index (κ3) is 5.61. The molecule has 2 unspecified atom stereocenters. The van der Waals surface area contributed by atoms with Crippen molar-refractivity contribution < 1.29 is 9.84 Å². The van der Waals surface area contributed by atoms with Gasteiger partial charge in [-0.05, 0) is 37.4 Å². The first-order valence-electron chi connectivity index (χ1n) is 7.40. The Kier molecular flexibility index (Phi) is 7.20. The summed E-state index contributed by atoms with van der Waals surface area (Å²) < 4.78 is 5.14. The highest BCUT2D eigenvalue weighted by molar-refractivity contribution is 5.24. The predicted octanol–water partition coefficient (Wildman–Crippen LogP) is 2.89. The van der Waals surface area contributed by atoms with E-state index >= 15 is 0 Å². The zero-order valence-corrected chi connectivity index (χ0v) is 13.5. The lowest BCUT2D eigenvalue weighted by Gasteiger charge is -2.26. The van der Waals surface area contributed by atoms with Gasteiger partial charge in [0.05, 0.1) is 12.7 Å². The van der Waals surface area contributed by atoms with Crippen molar-refractivity contribution in [2.24, 2.45) is 5.92 Å². The quantitative estimate of drug-likeness (QED) is 0.794. The fraction of sp³-hybridized carbons (Fsp3) is 0.647. The predicted molar refractivity (Wildman–Crippen MR) is 83.9 cm³/mol. The van der Waals surface area contributed by atoms with Gasteiger partial charge in [-0.1, -0.05) is 38.1 Å². The number of rotatable bonds is 8. The van der Waals surface area contributed by atoms with Crippen LogP contribution >= 0.6 is 0 Å². The lowest BCUT2D eigenvalue weighted by atomic mass is 10.00. The molecule has 0 saturated carbocycles. The average molecular weight is 279 g/mol. The molecule has 0 aromatic heterocycles. The maximum atomic E-state index is 10.3. The first-order valence-corrected chi connectivity index (χ1v) is 7.40. The Bertz CT molecular complexity index is 375. The van der Waals surface area contributed by atoms with Gasteiger partial charge in [-0.25, -0.2) is 0 Å². The van der Waals surface area contributed by atoms with Gasteiger partial charge in [0.25, 0.3) is 0 Å². The third-order valence-electron chi connectivity index (χ3n) is 3.63. The summed E-state index contributed by atoms with van der Waals surface area (Å²) in [5.41, 5.74) is 2.31. The highest BCUT2D eigenvalue weighted by atomic mass is 16.5. The fourth-order valence-electron chi connectivity index (χ4n) is 2.27. The smallest absolute Gasteiger partial charge is 0.0916 e. The van der Waals surface area contributed by atoms with Crippen LogP contribution in [0.5, 0.6) is 0 Å². The van der Waals surface area contributed by atoms with E-state index < -0.39 is 6.10 Å². The molecule has 0 amide bonds. The Morgan fingerprint density at radius 2 is 1.75 bits per heavy atom. The molecular formula is C17H29NO2. The van der Waals surface area contributed by atoms with Crippen LogP contribution in [0.3, 0.4) is 0 Å². The van der Waals surface area contributed by atoms with E-state index in [1.54, 1.807) is 7.11 Å². The van der Waals surface area contributed by atoms with Crippen molar-refractivity contribution in [2.45, 2.75) is 39.3 Å². The van der Waals surface area contributed by atoms with Crippen LogP contribution in [0.4, 0.5) is 0 Å². The lowest BCUT2D eigenvalue weighted by Crippen LogP contribution is -2.35. The second kappa shape index (κ2) is 8.40. The van der Waals surface area contributed by atoms with Crippen molar-refractivity contribution in [3.05, 3.63) is 35.4 Å². The van der Waals surface area contributed by atoms with Crippen molar-refractivity contribution in [1.29, 1.82) is 0 Å².